The molecule has 1 heterocycles. The third-order valence-corrected chi connectivity index (χ3v) is 16.1. The summed E-state index contributed by atoms with van der Waals surface area (Å²) in [6.45, 7) is 27.0. The maximum absolute atomic E-state index is 15.1. The zero-order valence-corrected chi connectivity index (χ0v) is 56.2. The van der Waals surface area contributed by atoms with E-state index in [9.17, 15) is 53.4 Å². The van der Waals surface area contributed by atoms with Crippen molar-refractivity contribution in [3.8, 4) is 0 Å². The van der Waals surface area contributed by atoms with Gasteiger partial charge in [-0.1, -0.05) is 109 Å². The van der Waals surface area contributed by atoms with Crippen LogP contribution in [0.1, 0.15) is 149 Å². The molecule has 1 saturated heterocycles. The van der Waals surface area contributed by atoms with Crippen LogP contribution in [0.3, 0.4) is 0 Å². The van der Waals surface area contributed by atoms with Crippen molar-refractivity contribution in [2.45, 2.75) is 216 Å². The Morgan fingerprint density at radius 2 is 0.872 bits per heavy atom. The quantitative estimate of drug-likeness (QED) is 0.121. The zero-order valence-electron chi connectivity index (χ0n) is 56.2. The summed E-state index contributed by atoms with van der Waals surface area (Å²) in [7, 11) is 9.80. The van der Waals surface area contributed by atoms with Crippen LogP contribution in [0, 0.1) is 41.4 Å². The van der Waals surface area contributed by atoms with Gasteiger partial charge in [-0.2, -0.15) is 0 Å². The van der Waals surface area contributed by atoms with Gasteiger partial charge in [-0.25, -0.2) is 0 Å². The number of hydrogen-bond acceptors (Lipinski definition) is 13. The Morgan fingerprint density at radius 1 is 0.453 bits per heavy atom. The van der Waals surface area contributed by atoms with Gasteiger partial charge < -0.3 is 65.8 Å². The Bertz CT molecular complexity index is 2350. The Labute approximate surface area is 513 Å². The molecule has 11 amide bonds. The molecule has 1 fully saturated rings. The Hall–Kier alpha value is -6.17. The van der Waals surface area contributed by atoms with Crippen LogP contribution in [0.25, 0.3) is 0 Å². The molecule has 0 aliphatic carbocycles. The van der Waals surface area contributed by atoms with E-state index in [4.69, 9.17) is 0 Å². The Morgan fingerprint density at radius 3 is 1.33 bits per heavy atom. The SMILES string of the molecule is CC[C@@H]1NC(=O)C([C@H](O)[C@H](C)C/C=C/CO)N(C)C(=O)C(C(C)C)N(C)C(=O)[C@H](CC(C)C)N(C)C(=O)[C@H](CC(C)C)N(C)C(=O)[C@@H](C)NC(=O)[C@H](C)NC(=O)[C@H](CC(C)C)N(C)C(=O)C(C(C)C)NC(=O)C(CC(C)C)N(C)C(=O)CN(C)C1=O. The second kappa shape index (κ2) is 35.6. The summed E-state index contributed by atoms with van der Waals surface area (Å²) in [5.74, 6) is -10.1. The first-order valence-corrected chi connectivity index (χ1v) is 30.7. The molecule has 0 bridgehead atoms. The van der Waals surface area contributed by atoms with Gasteiger partial charge in [0.05, 0.1) is 19.3 Å². The van der Waals surface area contributed by atoms with Gasteiger partial charge in [-0.15, -0.1) is 0 Å². The molecule has 492 valence electrons. The standard InChI is InChI=1S/C62H111N11O13/c1-24-43-58(82)67(17)33-48(75)68(18)44(29-34(2)3)55(79)66-49(38(10)11)61(85)69(19)45(30-35(4)5)54(78)63-41(15)53(77)64-42(16)57(81)70(20)46(31-36(6)7)59(83)71(21)47(32-37(8)9)60(84)72(22)50(39(12)13)62(86)73(23)51(56(80)65-43)52(76)40(14)27-25-26-28-74/h25-26,34-47,49-52,74,76H,24,27-33H2,1-23H3,(H,63,78)(H,64,77)(H,65,80)(H,66,79)/b26-25+/t40-,41+,42-,43+,44?,45+,46+,47+,49?,50?,51?,52-/m1/s1. The van der Waals surface area contributed by atoms with Crippen molar-refractivity contribution in [2.75, 3.05) is 62.5 Å². The number of aliphatic hydroxyl groups excluding tert-OH is 2. The van der Waals surface area contributed by atoms with Crippen LogP contribution in [0.2, 0.25) is 0 Å². The van der Waals surface area contributed by atoms with E-state index in [-0.39, 0.29) is 68.8 Å². The number of rotatable bonds is 16. The molecule has 0 aromatic carbocycles. The molecule has 1 rings (SSSR count). The number of amides is 11. The van der Waals surface area contributed by atoms with Crippen LogP contribution in [-0.2, 0) is 52.7 Å². The molecule has 0 aromatic rings. The Kier molecular flexibility index (Phi) is 32.2. The van der Waals surface area contributed by atoms with E-state index in [0.29, 0.717) is 0 Å². The molecular weight excluding hydrogens is 1110 g/mol. The highest BCUT2D eigenvalue weighted by atomic mass is 16.3. The van der Waals surface area contributed by atoms with E-state index in [1.807, 2.05) is 55.4 Å². The zero-order chi connectivity index (χ0) is 66.7. The summed E-state index contributed by atoms with van der Waals surface area (Å²) in [6, 6.07) is -12.5. The highest BCUT2D eigenvalue weighted by Gasteiger charge is 2.45. The van der Waals surface area contributed by atoms with Crippen LogP contribution in [0.4, 0.5) is 0 Å². The highest BCUT2D eigenvalue weighted by molar-refractivity contribution is 5.99. The number of aliphatic hydroxyl groups is 2. The first-order chi connectivity index (χ1) is 39.7. The molecular formula is C62H111N11O13. The van der Waals surface area contributed by atoms with Gasteiger partial charge in [0.1, 0.15) is 60.4 Å². The normalized spacial score (nSPS) is 26.7. The topological polar surface area (TPSA) is 299 Å². The number of allylic oxidation sites excluding steroid dienone is 1. The first-order valence-electron chi connectivity index (χ1n) is 30.7. The van der Waals surface area contributed by atoms with Crippen molar-refractivity contribution in [3.63, 3.8) is 0 Å². The predicted octanol–water partition coefficient (Wildman–Crippen LogP) is 2.24. The molecule has 0 aromatic heterocycles. The summed E-state index contributed by atoms with van der Waals surface area (Å²) >= 11 is 0. The van der Waals surface area contributed by atoms with Crippen LogP contribution >= 0.6 is 0 Å². The lowest BCUT2D eigenvalue weighted by atomic mass is 9.91. The summed E-state index contributed by atoms with van der Waals surface area (Å²) in [6.07, 6.45) is 2.22. The fourth-order valence-electron chi connectivity index (χ4n) is 10.7. The van der Waals surface area contributed by atoms with Gasteiger partial charge in [-0.05, 0) is 93.8 Å². The lowest BCUT2D eigenvalue weighted by Gasteiger charge is -2.41. The first kappa shape index (κ1) is 77.8. The molecule has 1 aliphatic heterocycles. The van der Waals surface area contributed by atoms with Gasteiger partial charge >= 0.3 is 0 Å². The van der Waals surface area contributed by atoms with E-state index in [1.54, 1.807) is 47.6 Å². The minimum atomic E-state index is -1.67. The van der Waals surface area contributed by atoms with Gasteiger partial charge in [-0.3, -0.25) is 52.7 Å². The maximum Gasteiger partial charge on any atom is 0.246 e. The molecule has 24 nitrogen and oxygen atoms in total. The van der Waals surface area contributed by atoms with E-state index in [0.717, 1.165) is 9.80 Å². The van der Waals surface area contributed by atoms with E-state index in [2.05, 4.69) is 21.3 Å². The van der Waals surface area contributed by atoms with Gasteiger partial charge in [0.15, 0.2) is 0 Å². The van der Waals surface area contributed by atoms with Gasteiger partial charge in [0, 0.05) is 49.3 Å². The van der Waals surface area contributed by atoms with Crippen LogP contribution in [-0.4, -0.2) is 238 Å². The monoisotopic (exact) mass is 1220 g/mol. The molecule has 0 radical (unpaired) electrons. The number of nitrogens with zero attached hydrogens (tertiary/aromatic N) is 7. The largest absolute Gasteiger partial charge is 0.392 e. The summed E-state index contributed by atoms with van der Waals surface area (Å²) < 4.78 is 0. The maximum atomic E-state index is 15.1. The highest BCUT2D eigenvalue weighted by Crippen LogP contribution is 2.26. The van der Waals surface area contributed by atoms with Gasteiger partial charge in [0.25, 0.3) is 0 Å². The molecule has 0 spiro atoms. The summed E-state index contributed by atoms with van der Waals surface area (Å²) in [5.41, 5.74) is 0. The second-order valence-electron chi connectivity index (χ2n) is 26.2. The van der Waals surface area contributed by atoms with Crippen molar-refractivity contribution < 1.29 is 63.0 Å². The Balaban J connectivity index is 4.33. The minimum Gasteiger partial charge on any atom is -0.392 e. The lowest BCUT2D eigenvalue weighted by Crippen LogP contribution is -2.63. The average molecular weight is 1220 g/mol. The molecule has 1 aliphatic rings. The molecule has 6 N–H and O–H groups in total. The van der Waals surface area contributed by atoms with Crippen molar-refractivity contribution >= 4 is 65.0 Å². The second-order valence-corrected chi connectivity index (χ2v) is 26.2. The van der Waals surface area contributed by atoms with Crippen LogP contribution in [0.15, 0.2) is 12.2 Å². The number of carbonyl (C=O) groups is 11. The average Bonchev–Trinajstić information content (AvgIpc) is 1.45. The third-order valence-electron chi connectivity index (χ3n) is 16.1. The number of carbonyl (C=O) groups excluding carboxylic acids is 11. The molecule has 86 heavy (non-hydrogen) atoms. The van der Waals surface area contributed by atoms with Crippen molar-refractivity contribution in [1.29, 1.82) is 0 Å². The summed E-state index contributed by atoms with van der Waals surface area (Å²) in [5, 5.41) is 32.5. The van der Waals surface area contributed by atoms with Crippen LogP contribution < -0.4 is 21.3 Å². The summed E-state index contributed by atoms with van der Waals surface area (Å²) in [4.78, 5) is 168. The van der Waals surface area contributed by atoms with Crippen molar-refractivity contribution in [1.82, 2.24) is 55.6 Å². The number of likely N-dealkylation sites (N-methyl/N-ethyl adjacent to an activating group) is 7. The van der Waals surface area contributed by atoms with E-state index >= 15 is 9.59 Å². The number of hydrogen-bond donors (Lipinski definition) is 6. The minimum absolute atomic E-state index is 0.00425. The number of nitrogens with one attached hydrogen (secondary N) is 4. The van der Waals surface area contributed by atoms with Crippen molar-refractivity contribution in [2.24, 2.45) is 41.4 Å². The molecule has 12 atom stereocenters. The third kappa shape index (κ3) is 21.9. The fraction of sp³-hybridized carbons (Fsp3) is 0.790. The predicted molar refractivity (Wildman–Crippen MR) is 330 cm³/mol. The van der Waals surface area contributed by atoms with E-state index in [1.165, 1.54) is 93.8 Å². The smallest absolute Gasteiger partial charge is 0.246 e. The molecule has 24 heteroatoms. The van der Waals surface area contributed by atoms with Gasteiger partial charge in [0.2, 0.25) is 65.0 Å². The van der Waals surface area contributed by atoms with Crippen LogP contribution in [0.5, 0.6) is 0 Å². The molecule has 0 saturated carbocycles. The van der Waals surface area contributed by atoms with Crippen molar-refractivity contribution in [3.05, 3.63) is 12.2 Å². The fourth-order valence-corrected chi connectivity index (χ4v) is 10.7. The van der Waals surface area contributed by atoms with E-state index < -0.39 is 156 Å². The molecule has 4 unspecified atom stereocenters. The lowest BCUT2D eigenvalue weighted by molar-refractivity contribution is -0.157.